The Bertz CT molecular complexity index is 179. The predicted molar refractivity (Wildman–Crippen MR) is 66.2 cm³/mol. The molecule has 1 aliphatic rings. The second-order valence-corrected chi connectivity index (χ2v) is 5.50. The second-order valence-electron chi connectivity index (χ2n) is 5.50. The van der Waals surface area contributed by atoms with Gasteiger partial charge in [-0.1, -0.05) is 26.7 Å². The standard InChI is InChI=1S/C13H27NO2/c1-10(2)7-12(14)13(8-15)16-9-11-5-3-4-6-11/h10-13,15H,3-9,14H2,1-2H3. The minimum absolute atomic E-state index is 0.0357. The van der Waals surface area contributed by atoms with Crippen molar-refractivity contribution in [3.8, 4) is 0 Å². The third-order valence-electron chi connectivity index (χ3n) is 3.42. The SMILES string of the molecule is CC(C)CC(N)C(CO)OCC1CCCC1. The van der Waals surface area contributed by atoms with Crippen molar-refractivity contribution in [3.63, 3.8) is 0 Å². The molecule has 16 heavy (non-hydrogen) atoms. The van der Waals surface area contributed by atoms with E-state index >= 15 is 0 Å². The van der Waals surface area contributed by atoms with Crippen molar-refractivity contribution in [1.82, 2.24) is 0 Å². The quantitative estimate of drug-likeness (QED) is 0.701. The highest BCUT2D eigenvalue weighted by atomic mass is 16.5. The maximum Gasteiger partial charge on any atom is 0.0956 e. The van der Waals surface area contributed by atoms with E-state index in [9.17, 15) is 5.11 Å². The maximum atomic E-state index is 9.28. The summed E-state index contributed by atoms with van der Waals surface area (Å²) in [5.74, 6) is 1.25. The lowest BCUT2D eigenvalue weighted by molar-refractivity contribution is -0.0208. The summed E-state index contributed by atoms with van der Waals surface area (Å²) in [6.45, 7) is 5.11. The van der Waals surface area contributed by atoms with Crippen molar-refractivity contribution in [2.24, 2.45) is 17.6 Å². The molecular formula is C13H27NO2. The Morgan fingerprint density at radius 2 is 1.94 bits per heavy atom. The van der Waals surface area contributed by atoms with Gasteiger partial charge in [0.25, 0.3) is 0 Å². The summed E-state index contributed by atoms with van der Waals surface area (Å²) >= 11 is 0. The number of aliphatic hydroxyl groups is 1. The van der Waals surface area contributed by atoms with E-state index in [1.807, 2.05) is 0 Å². The van der Waals surface area contributed by atoms with Gasteiger partial charge >= 0.3 is 0 Å². The number of hydrogen-bond acceptors (Lipinski definition) is 3. The Labute approximate surface area is 99.4 Å². The van der Waals surface area contributed by atoms with Gasteiger partial charge in [-0.25, -0.2) is 0 Å². The lowest BCUT2D eigenvalue weighted by atomic mass is 10.00. The van der Waals surface area contributed by atoms with Crippen LogP contribution in [0.25, 0.3) is 0 Å². The van der Waals surface area contributed by atoms with E-state index in [0.29, 0.717) is 11.8 Å². The van der Waals surface area contributed by atoms with Gasteiger partial charge in [-0.2, -0.15) is 0 Å². The van der Waals surface area contributed by atoms with Crippen LogP contribution in [0.2, 0.25) is 0 Å². The van der Waals surface area contributed by atoms with Crippen LogP contribution in [0.4, 0.5) is 0 Å². The lowest BCUT2D eigenvalue weighted by Crippen LogP contribution is -2.41. The lowest BCUT2D eigenvalue weighted by Gasteiger charge is -2.25. The molecule has 96 valence electrons. The molecule has 0 bridgehead atoms. The average molecular weight is 229 g/mol. The van der Waals surface area contributed by atoms with E-state index in [-0.39, 0.29) is 18.8 Å². The van der Waals surface area contributed by atoms with E-state index in [1.54, 1.807) is 0 Å². The number of hydrogen-bond donors (Lipinski definition) is 2. The van der Waals surface area contributed by atoms with Gasteiger partial charge in [-0.05, 0) is 31.1 Å². The van der Waals surface area contributed by atoms with Crippen molar-refractivity contribution < 1.29 is 9.84 Å². The molecule has 0 aromatic carbocycles. The third kappa shape index (κ3) is 4.81. The van der Waals surface area contributed by atoms with Gasteiger partial charge in [-0.3, -0.25) is 0 Å². The van der Waals surface area contributed by atoms with Crippen molar-refractivity contribution in [3.05, 3.63) is 0 Å². The first-order valence-electron chi connectivity index (χ1n) is 6.61. The molecule has 0 radical (unpaired) electrons. The molecule has 1 saturated carbocycles. The third-order valence-corrected chi connectivity index (χ3v) is 3.42. The van der Waals surface area contributed by atoms with Crippen LogP contribution in [-0.4, -0.2) is 30.5 Å². The summed E-state index contributed by atoms with van der Waals surface area (Å²) in [6, 6.07) is -0.0357. The van der Waals surface area contributed by atoms with Crippen molar-refractivity contribution in [1.29, 1.82) is 0 Å². The Kier molecular flexibility index (Phi) is 6.32. The molecule has 3 N–H and O–H groups in total. The van der Waals surface area contributed by atoms with Crippen LogP contribution in [-0.2, 0) is 4.74 Å². The predicted octanol–water partition coefficient (Wildman–Crippen LogP) is 1.93. The van der Waals surface area contributed by atoms with E-state index in [2.05, 4.69) is 13.8 Å². The largest absolute Gasteiger partial charge is 0.394 e. The molecule has 0 amide bonds. The second kappa shape index (κ2) is 7.25. The van der Waals surface area contributed by atoms with E-state index < -0.39 is 0 Å². The Balaban J connectivity index is 2.24. The van der Waals surface area contributed by atoms with Crippen LogP contribution in [0.1, 0.15) is 46.0 Å². The fourth-order valence-electron chi connectivity index (χ4n) is 2.44. The molecule has 0 aromatic heterocycles. The molecule has 2 atom stereocenters. The minimum atomic E-state index is -0.178. The van der Waals surface area contributed by atoms with Gasteiger partial charge in [0.1, 0.15) is 0 Å². The smallest absolute Gasteiger partial charge is 0.0956 e. The number of aliphatic hydroxyl groups excluding tert-OH is 1. The van der Waals surface area contributed by atoms with E-state index in [0.717, 1.165) is 13.0 Å². The molecule has 0 saturated heterocycles. The van der Waals surface area contributed by atoms with Crippen LogP contribution < -0.4 is 5.73 Å². The summed E-state index contributed by atoms with van der Waals surface area (Å²) in [5, 5.41) is 9.28. The Hall–Kier alpha value is -0.120. The molecule has 1 fully saturated rings. The maximum absolute atomic E-state index is 9.28. The highest BCUT2D eigenvalue weighted by Crippen LogP contribution is 2.25. The topological polar surface area (TPSA) is 55.5 Å². The van der Waals surface area contributed by atoms with Crippen molar-refractivity contribution >= 4 is 0 Å². The highest BCUT2D eigenvalue weighted by Gasteiger charge is 2.22. The molecule has 3 nitrogen and oxygen atoms in total. The van der Waals surface area contributed by atoms with Crippen LogP contribution in [0, 0.1) is 11.8 Å². The summed E-state index contributed by atoms with van der Waals surface area (Å²) in [4.78, 5) is 0. The first-order chi connectivity index (χ1) is 7.63. The fourth-order valence-corrected chi connectivity index (χ4v) is 2.44. The van der Waals surface area contributed by atoms with E-state index in [1.165, 1.54) is 25.7 Å². The van der Waals surface area contributed by atoms with Gasteiger partial charge in [0, 0.05) is 12.6 Å². The van der Waals surface area contributed by atoms with Crippen molar-refractivity contribution in [2.45, 2.75) is 58.1 Å². The minimum Gasteiger partial charge on any atom is -0.394 e. The summed E-state index contributed by atoms with van der Waals surface area (Å²) < 4.78 is 5.76. The first kappa shape index (κ1) is 13.9. The molecule has 0 aromatic rings. The fraction of sp³-hybridized carbons (Fsp3) is 1.00. The Morgan fingerprint density at radius 1 is 1.31 bits per heavy atom. The first-order valence-corrected chi connectivity index (χ1v) is 6.61. The number of ether oxygens (including phenoxy) is 1. The molecule has 0 heterocycles. The highest BCUT2D eigenvalue weighted by molar-refractivity contribution is 4.75. The van der Waals surface area contributed by atoms with Gasteiger partial charge < -0.3 is 15.6 Å². The number of rotatable bonds is 7. The van der Waals surface area contributed by atoms with Crippen LogP contribution in [0.15, 0.2) is 0 Å². The van der Waals surface area contributed by atoms with Crippen LogP contribution >= 0.6 is 0 Å². The molecular weight excluding hydrogens is 202 g/mol. The molecule has 0 aliphatic heterocycles. The van der Waals surface area contributed by atoms with Crippen molar-refractivity contribution in [2.75, 3.05) is 13.2 Å². The van der Waals surface area contributed by atoms with Crippen LogP contribution in [0.3, 0.4) is 0 Å². The normalized spacial score (nSPS) is 21.6. The van der Waals surface area contributed by atoms with Crippen LogP contribution in [0.5, 0.6) is 0 Å². The average Bonchev–Trinajstić information content (AvgIpc) is 2.70. The monoisotopic (exact) mass is 229 g/mol. The molecule has 1 aliphatic carbocycles. The summed E-state index contributed by atoms with van der Waals surface area (Å²) in [6.07, 6.45) is 5.94. The van der Waals surface area contributed by atoms with Gasteiger partial charge in [0.15, 0.2) is 0 Å². The van der Waals surface area contributed by atoms with Gasteiger partial charge in [0.2, 0.25) is 0 Å². The molecule has 0 spiro atoms. The molecule has 3 heteroatoms. The number of nitrogens with two attached hydrogens (primary N) is 1. The zero-order valence-electron chi connectivity index (χ0n) is 10.7. The molecule has 1 rings (SSSR count). The molecule has 2 unspecified atom stereocenters. The van der Waals surface area contributed by atoms with Gasteiger partial charge in [0.05, 0.1) is 12.7 Å². The van der Waals surface area contributed by atoms with E-state index in [4.69, 9.17) is 10.5 Å². The van der Waals surface area contributed by atoms with Gasteiger partial charge in [-0.15, -0.1) is 0 Å². The summed E-state index contributed by atoms with van der Waals surface area (Å²) in [5.41, 5.74) is 6.03. The summed E-state index contributed by atoms with van der Waals surface area (Å²) in [7, 11) is 0. The Morgan fingerprint density at radius 3 is 2.44 bits per heavy atom. The zero-order valence-corrected chi connectivity index (χ0v) is 10.7. The zero-order chi connectivity index (χ0) is 12.0.